The lowest BCUT2D eigenvalue weighted by Crippen LogP contribution is -2.34. The number of nitrogens with two attached hydrogens (primary N) is 1. The second-order valence-corrected chi connectivity index (χ2v) is 4.90. The molecular formula is C15H22N2. The van der Waals surface area contributed by atoms with Gasteiger partial charge in [0, 0.05) is 32.1 Å². The van der Waals surface area contributed by atoms with Crippen molar-refractivity contribution in [1.29, 1.82) is 0 Å². The molecule has 0 saturated carbocycles. The minimum atomic E-state index is 0.461. The van der Waals surface area contributed by atoms with Gasteiger partial charge < -0.3 is 5.73 Å². The summed E-state index contributed by atoms with van der Waals surface area (Å²) in [4.78, 5) is 2.50. The number of hydrogen-bond acceptors (Lipinski definition) is 2. The van der Waals surface area contributed by atoms with Crippen molar-refractivity contribution in [3.63, 3.8) is 0 Å². The Bertz CT molecular complexity index is 370. The van der Waals surface area contributed by atoms with Gasteiger partial charge in [-0.05, 0) is 18.9 Å². The molecule has 1 atom stereocenters. The van der Waals surface area contributed by atoms with Crippen LogP contribution in [0.5, 0.6) is 0 Å². The summed E-state index contributed by atoms with van der Waals surface area (Å²) < 4.78 is 0. The first kappa shape index (κ1) is 12.3. The first-order valence-electron chi connectivity index (χ1n) is 6.42. The predicted octanol–water partition coefficient (Wildman–Crippen LogP) is 2.38. The number of nitrogens with zero attached hydrogens (tertiary/aromatic N) is 1. The Balaban J connectivity index is 1.97. The van der Waals surface area contributed by atoms with Crippen molar-refractivity contribution >= 4 is 0 Å². The summed E-state index contributed by atoms with van der Waals surface area (Å²) in [6, 6.07) is 10.6. The minimum Gasteiger partial charge on any atom is -0.330 e. The van der Waals surface area contributed by atoms with Gasteiger partial charge in [0.25, 0.3) is 0 Å². The van der Waals surface area contributed by atoms with E-state index in [0.717, 1.165) is 19.6 Å². The fourth-order valence-corrected chi connectivity index (χ4v) is 2.33. The molecule has 1 aliphatic rings. The van der Waals surface area contributed by atoms with E-state index < -0.39 is 0 Å². The Morgan fingerprint density at radius 2 is 2.06 bits per heavy atom. The topological polar surface area (TPSA) is 29.3 Å². The molecule has 2 heteroatoms. The molecule has 1 unspecified atom stereocenters. The molecule has 0 radical (unpaired) electrons. The highest BCUT2D eigenvalue weighted by Gasteiger charge is 2.16. The molecule has 1 heterocycles. The van der Waals surface area contributed by atoms with Gasteiger partial charge in [-0.25, -0.2) is 0 Å². The number of hydrogen-bond donors (Lipinski definition) is 1. The Hall–Kier alpha value is -1.12. The lowest BCUT2D eigenvalue weighted by molar-refractivity contribution is 0.276. The van der Waals surface area contributed by atoms with Crippen LogP contribution in [0.3, 0.4) is 0 Å². The summed E-state index contributed by atoms with van der Waals surface area (Å²) >= 11 is 0. The van der Waals surface area contributed by atoms with Crippen LogP contribution in [0.1, 0.15) is 24.8 Å². The largest absolute Gasteiger partial charge is 0.330 e. The molecule has 1 aliphatic heterocycles. The standard InChI is InChI=1S/C15H22N2/c1-13-7-9-17(10-8-13)12-15(11-16)14-5-3-2-4-6-14/h2-7,15H,8-12,16H2,1H3. The normalized spacial score (nSPS) is 18.8. The third-order valence-electron chi connectivity index (χ3n) is 3.55. The van der Waals surface area contributed by atoms with Crippen molar-refractivity contribution < 1.29 is 0 Å². The van der Waals surface area contributed by atoms with E-state index in [1.165, 1.54) is 24.1 Å². The van der Waals surface area contributed by atoms with Gasteiger partial charge >= 0.3 is 0 Å². The molecule has 2 nitrogen and oxygen atoms in total. The quantitative estimate of drug-likeness (QED) is 0.805. The average Bonchev–Trinajstić information content (AvgIpc) is 2.39. The smallest absolute Gasteiger partial charge is 0.0166 e. The van der Waals surface area contributed by atoms with Crippen LogP contribution >= 0.6 is 0 Å². The van der Waals surface area contributed by atoms with Crippen molar-refractivity contribution in [3.8, 4) is 0 Å². The summed E-state index contributed by atoms with van der Waals surface area (Å²) in [5.74, 6) is 0.461. The molecule has 17 heavy (non-hydrogen) atoms. The van der Waals surface area contributed by atoms with Crippen LogP contribution < -0.4 is 5.73 Å². The Morgan fingerprint density at radius 1 is 1.29 bits per heavy atom. The molecule has 0 fully saturated rings. The van der Waals surface area contributed by atoms with E-state index in [4.69, 9.17) is 5.73 Å². The van der Waals surface area contributed by atoms with Gasteiger partial charge in [0.1, 0.15) is 0 Å². The predicted molar refractivity (Wildman–Crippen MR) is 73.1 cm³/mol. The van der Waals surface area contributed by atoms with Crippen molar-refractivity contribution in [2.75, 3.05) is 26.2 Å². The first-order chi connectivity index (χ1) is 8.29. The highest BCUT2D eigenvalue weighted by molar-refractivity contribution is 5.20. The molecule has 0 bridgehead atoms. The SMILES string of the molecule is CC1=CCN(CC(CN)c2ccccc2)CC1. The fraction of sp³-hybridized carbons (Fsp3) is 0.467. The Morgan fingerprint density at radius 3 is 2.65 bits per heavy atom. The molecule has 92 valence electrons. The van der Waals surface area contributed by atoms with E-state index in [1.807, 2.05) is 0 Å². The van der Waals surface area contributed by atoms with E-state index in [1.54, 1.807) is 0 Å². The summed E-state index contributed by atoms with van der Waals surface area (Å²) in [5.41, 5.74) is 8.79. The third-order valence-corrected chi connectivity index (χ3v) is 3.55. The maximum absolute atomic E-state index is 5.91. The van der Waals surface area contributed by atoms with Crippen LogP contribution in [0.15, 0.2) is 42.0 Å². The van der Waals surface area contributed by atoms with Crippen molar-refractivity contribution in [2.24, 2.45) is 5.73 Å². The summed E-state index contributed by atoms with van der Waals surface area (Å²) in [7, 11) is 0. The van der Waals surface area contributed by atoms with Crippen LogP contribution in [0, 0.1) is 0 Å². The van der Waals surface area contributed by atoms with Gasteiger partial charge in [-0.3, -0.25) is 4.90 Å². The summed E-state index contributed by atoms with van der Waals surface area (Å²) in [6.45, 7) is 6.27. The van der Waals surface area contributed by atoms with E-state index in [-0.39, 0.29) is 0 Å². The Labute approximate surface area is 104 Å². The molecular weight excluding hydrogens is 208 g/mol. The fourth-order valence-electron chi connectivity index (χ4n) is 2.33. The number of benzene rings is 1. The zero-order valence-electron chi connectivity index (χ0n) is 10.6. The highest BCUT2D eigenvalue weighted by Crippen LogP contribution is 2.18. The second kappa shape index (κ2) is 5.99. The molecule has 0 amide bonds. The second-order valence-electron chi connectivity index (χ2n) is 4.90. The first-order valence-corrected chi connectivity index (χ1v) is 6.42. The molecule has 1 aromatic rings. The summed E-state index contributed by atoms with van der Waals surface area (Å²) in [5, 5.41) is 0. The van der Waals surface area contributed by atoms with Gasteiger partial charge in [0.15, 0.2) is 0 Å². The molecule has 1 aromatic carbocycles. The van der Waals surface area contributed by atoms with Crippen LogP contribution in [0.2, 0.25) is 0 Å². The maximum atomic E-state index is 5.91. The van der Waals surface area contributed by atoms with E-state index in [0.29, 0.717) is 5.92 Å². The molecule has 0 aliphatic carbocycles. The third kappa shape index (κ3) is 3.42. The highest BCUT2D eigenvalue weighted by atomic mass is 15.1. The summed E-state index contributed by atoms with van der Waals surface area (Å²) in [6.07, 6.45) is 3.54. The maximum Gasteiger partial charge on any atom is 0.0166 e. The molecule has 2 N–H and O–H groups in total. The lowest BCUT2D eigenvalue weighted by Gasteiger charge is -2.29. The van der Waals surface area contributed by atoms with Gasteiger partial charge in [-0.15, -0.1) is 0 Å². The van der Waals surface area contributed by atoms with Gasteiger partial charge in [-0.2, -0.15) is 0 Å². The molecule has 0 aromatic heterocycles. The Kier molecular flexibility index (Phi) is 4.35. The van der Waals surface area contributed by atoms with Crippen LogP contribution in [-0.4, -0.2) is 31.1 Å². The van der Waals surface area contributed by atoms with Gasteiger partial charge in [0.2, 0.25) is 0 Å². The van der Waals surface area contributed by atoms with Crippen LogP contribution in [-0.2, 0) is 0 Å². The molecule has 0 saturated heterocycles. The van der Waals surface area contributed by atoms with Gasteiger partial charge in [0.05, 0.1) is 0 Å². The lowest BCUT2D eigenvalue weighted by atomic mass is 9.98. The zero-order valence-corrected chi connectivity index (χ0v) is 10.6. The van der Waals surface area contributed by atoms with E-state index in [2.05, 4.69) is 48.2 Å². The van der Waals surface area contributed by atoms with Crippen molar-refractivity contribution in [1.82, 2.24) is 4.90 Å². The van der Waals surface area contributed by atoms with Crippen LogP contribution in [0.25, 0.3) is 0 Å². The average molecular weight is 230 g/mol. The van der Waals surface area contributed by atoms with Crippen molar-refractivity contribution in [2.45, 2.75) is 19.3 Å². The van der Waals surface area contributed by atoms with E-state index >= 15 is 0 Å². The minimum absolute atomic E-state index is 0.461. The van der Waals surface area contributed by atoms with Crippen LogP contribution in [0.4, 0.5) is 0 Å². The number of rotatable bonds is 4. The van der Waals surface area contributed by atoms with Crippen molar-refractivity contribution in [3.05, 3.63) is 47.5 Å². The monoisotopic (exact) mass is 230 g/mol. The van der Waals surface area contributed by atoms with Gasteiger partial charge in [-0.1, -0.05) is 42.0 Å². The molecule has 2 rings (SSSR count). The molecule has 0 spiro atoms. The van der Waals surface area contributed by atoms with E-state index in [9.17, 15) is 0 Å². The zero-order chi connectivity index (χ0) is 12.1.